The van der Waals surface area contributed by atoms with Crippen LogP contribution in [0.1, 0.15) is 59.3 Å². The molecule has 6 heteroatoms. The van der Waals surface area contributed by atoms with Crippen molar-refractivity contribution in [2.24, 2.45) is 5.92 Å². The minimum atomic E-state index is -0.507. The van der Waals surface area contributed by atoms with E-state index < -0.39 is 5.97 Å². The van der Waals surface area contributed by atoms with E-state index in [1.807, 2.05) is 20.8 Å². The summed E-state index contributed by atoms with van der Waals surface area (Å²) in [7, 11) is 1.29. The van der Waals surface area contributed by atoms with E-state index in [0.29, 0.717) is 29.8 Å². The van der Waals surface area contributed by atoms with Gasteiger partial charge in [-0.25, -0.2) is 4.79 Å². The van der Waals surface area contributed by atoms with Crippen LogP contribution < -0.4 is 0 Å². The average molecular weight is 322 g/mol. The summed E-state index contributed by atoms with van der Waals surface area (Å²) in [5, 5.41) is 0. The van der Waals surface area contributed by atoms with Crippen molar-refractivity contribution < 1.29 is 19.1 Å². The van der Waals surface area contributed by atoms with Crippen LogP contribution in [0.25, 0.3) is 0 Å². The number of amides is 1. The number of nitrogens with zero attached hydrogens (tertiary/aromatic N) is 1. The van der Waals surface area contributed by atoms with Gasteiger partial charge in [0.15, 0.2) is 5.78 Å². The van der Waals surface area contributed by atoms with Crippen LogP contribution in [0.4, 0.5) is 0 Å². The van der Waals surface area contributed by atoms with Crippen molar-refractivity contribution in [2.75, 3.05) is 20.2 Å². The maximum atomic E-state index is 12.6. The van der Waals surface area contributed by atoms with Gasteiger partial charge in [-0.05, 0) is 32.3 Å². The summed E-state index contributed by atoms with van der Waals surface area (Å²) in [5.41, 5.74) is 1.91. The molecule has 1 amide bonds. The highest BCUT2D eigenvalue weighted by Gasteiger charge is 2.24. The molecule has 0 aromatic carbocycles. The highest BCUT2D eigenvalue weighted by molar-refractivity contribution is 6.04. The molecule has 0 unspecified atom stereocenters. The standard InChI is InChI=1S/C17H26N2O4/c1-7-19(14(21)8-10(2)3)9-13(20)15-11(4)16(17(22)23-6)18-12(15)5/h10,18H,7-9H2,1-6H3. The number of aromatic nitrogens is 1. The molecular weight excluding hydrogens is 296 g/mol. The first-order valence-electron chi connectivity index (χ1n) is 7.81. The summed E-state index contributed by atoms with van der Waals surface area (Å²) in [5.74, 6) is -0.471. The van der Waals surface area contributed by atoms with E-state index in [0.717, 1.165) is 0 Å². The van der Waals surface area contributed by atoms with Gasteiger partial charge in [-0.1, -0.05) is 13.8 Å². The molecule has 0 fully saturated rings. The van der Waals surface area contributed by atoms with Crippen LogP contribution in [0.3, 0.4) is 0 Å². The van der Waals surface area contributed by atoms with Crippen molar-refractivity contribution in [3.05, 3.63) is 22.5 Å². The van der Waals surface area contributed by atoms with E-state index in [-0.39, 0.29) is 29.8 Å². The van der Waals surface area contributed by atoms with Gasteiger partial charge in [0, 0.05) is 24.2 Å². The summed E-state index contributed by atoms with van der Waals surface area (Å²) < 4.78 is 4.70. The minimum absolute atomic E-state index is 0.0161. The van der Waals surface area contributed by atoms with Crippen molar-refractivity contribution in [1.82, 2.24) is 9.88 Å². The average Bonchev–Trinajstić information content (AvgIpc) is 2.77. The highest BCUT2D eigenvalue weighted by Crippen LogP contribution is 2.20. The lowest BCUT2D eigenvalue weighted by molar-refractivity contribution is -0.131. The van der Waals surface area contributed by atoms with Crippen LogP contribution >= 0.6 is 0 Å². The largest absolute Gasteiger partial charge is 0.464 e. The van der Waals surface area contributed by atoms with Gasteiger partial charge in [-0.2, -0.15) is 0 Å². The second-order valence-electron chi connectivity index (χ2n) is 6.05. The fourth-order valence-electron chi connectivity index (χ4n) is 2.58. The van der Waals surface area contributed by atoms with E-state index in [4.69, 9.17) is 4.74 Å². The van der Waals surface area contributed by atoms with Gasteiger partial charge in [-0.15, -0.1) is 0 Å². The number of aryl methyl sites for hydroxylation is 1. The summed E-state index contributed by atoms with van der Waals surface area (Å²) in [6, 6.07) is 0. The lowest BCUT2D eigenvalue weighted by Crippen LogP contribution is -2.36. The van der Waals surface area contributed by atoms with E-state index >= 15 is 0 Å². The lowest BCUT2D eigenvalue weighted by Gasteiger charge is -2.21. The van der Waals surface area contributed by atoms with Crippen molar-refractivity contribution in [2.45, 2.75) is 41.0 Å². The number of esters is 1. The van der Waals surface area contributed by atoms with E-state index in [1.165, 1.54) is 7.11 Å². The summed E-state index contributed by atoms with van der Waals surface area (Å²) in [4.78, 5) is 40.9. The lowest BCUT2D eigenvalue weighted by atomic mass is 10.0. The van der Waals surface area contributed by atoms with E-state index in [2.05, 4.69) is 4.98 Å². The molecule has 1 heterocycles. The molecule has 0 radical (unpaired) electrons. The number of rotatable bonds is 7. The number of ketones is 1. The smallest absolute Gasteiger partial charge is 0.354 e. The molecular formula is C17H26N2O4. The Morgan fingerprint density at radius 1 is 1.22 bits per heavy atom. The zero-order chi connectivity index (χ0) is 17.7. The summed E-state index contributed by atoms with van der Waals surface area (Å²) >= 11 is 0. The molecule has 1 N–H and O–H groups in total. The van der Waals surface area contributed by atoms with Gasteiger partial charge < -0.3 is 14.6 Å². The maximum Gasteiger partial charge on any atom is 0.354 e. The summed E-state index contributed by atoms with van der Waals surface area (Å²) in [6.07, 6.45) is 0.416. The second kappa shape index (κ2) is 7.94. The molecule has 0 atom stereocenters. The van der Waals surface area contributed by atoms with Crippen molar-refractivity contribution in [3.8, 4) is 0 Å². The minimum Gasteiger partial charge on any atom is -0.464 e. The molecule has 0 saturated carbocycles. The predicted molar refractivity (Wildman–Crippen MR) is 87.6 cm³/mol. The highest BCUT2D eigenvalue weighted by atomic mass is 16.5. The number of carbonyl (C=O) groups is 3. The van der Waals surface area contributed by atoms with Gasteiger partial charge in [0.1, 0.15) is 5.69 Å². The number of methoxy groups -OCH3 is 1. The van der Waals surface area contributed by atoms with Crippen LogP contribution in [0.2, 0.25) is 0 Å². The third kappa shape index (κ3) is 4.43. The monoisotopic (exact) mass is 322 g/mol. The van der Waals surface area contributed by atoms with Crippen molar-refractivity contribution in [1.29, 1.82) is 0 Å². The van der Waals surface area contributed by atoms with E-state index in [9.17, 15) is 14.4 Å². The Morgan fingerprint density at radius 2 is 1.83 bits per heavy atom. The molecule has 0 spiro atoms. The topological polar surface area (TPSA) is 79.5 Å². The van der Waals surface area contributed by atoms with Gasteiger partial charge in [0.25, 0.3) is 0 Å². The molecule has 6 nitrogen and oxygen atoms in total. The van der Waals surface area contributed by atoms with Gasteiger partial charge in [0.2, 0.25) is 5.91 Å². The first-order valence-corrected chi connectivity index (χ1v) is 7.81. The number of likely N-dealkylation sites (N-methyl/N-ethyl adjacent to an activating group) is 1. The first kappa shape index (κ1) is 18.9. The first-order chi connectivity index (χ1) is 10.7. The number of hydrogen-bond acceptors (Lipinski definition) is 4. The number of ether oxygens (including phenoxy) is 1. The number of aromatic amines is 1. The Morgan fingerprint density at radius 3 is 2.30 bits per heavy atom. The normalized spacial score (nSPS) is 10.7. The molecule has 1 aromatic heterocycles. The van der Waals surface area contributed by atoms with Crippen LogP contribution in [0.15, 0.2) is 0 Å². The van der Waals surface area contributed by atoms with E-state index in [1.54, 1.807) is 18.7 Å². The number of nitrogens with one attached hydrogen (secondary N) is 1. The van der Waals surface area contributed by atoms with Crippen molar-refractivity contribution in [3.63, 3.8) is 0 Å². The van der Waals surface area contributed by atoms with Gasteiger partial charge in [0.05, 0.1) is 13.7 Å². The Balaban J connectivity index is 2.99. The molecule has 0 aliphatic heterocycles. The van der Waals surface area contributed by atoms with Crippen molar-refractivity contribution >= 4 is 17.7 Å². The molecule has 1 rings (SSSR count). The summed E-state index contributed by atoms with van der Waals surface area (Å²) in [6.45, 7) is 9.72. The maximum absolute atomic E-state index is 12.6. The number of H-pyrrole nitrogens is 1. The SMILES string of the molecule is CCN(CC(=O)c1c(C)[nH]c(C(=O)OC)c1C)C(=O)CC(C)C. The molecule has 0 saturated heterocycles. The Kier molecular flexibility index (Phi) is 6.54. The predicted octanol–water partition coefficient (Wildman–Crippen LogP) is 2.50. The Bertz CT molecular complexity index is 602. The molecule has 0 bridgehead atoms. The number of carbonyl (C=O) groups excluding carboxylic acids is 3. The zero-order valence-corrected chi connectivity index (χ0v) is 14.8. The van der Waals surface area contributed by atoms with Crippen LogP contribution in [0, 0.1) is 19.8 Å². The fourth-order valence-corrected chi connectivity index (χ4v) is 2.58. The molecule has 1 aromatic rings. The molecule has 23 heavy (non-hydrogen) atoms. The molecule has 128 valence electrons. The van der Waals surface area contributed by atoms with Crippen LogP contribution in [-0.2, 0) is 9.53 Å². The zero-order valence-electron chi connectivity index (χ0n) is 14.8. The quantitative estimate of drug-likeness (QED) is 0.618. The van der Waals surface area contributed by atoms with Gasteiger partial charge >= 0.3 is 5.97 Å². The molecule has 0 aliphatic carbocycles. The Hall–Kier alpha value is -2.11. The Labute approximate surface area is 137 Å². The second-order valence-corrected chi connectivity index (χ2v) is 6.05. The fraction of sp³-hybridized carbons (Fsp3) is 0.588. The van der Waals surface area contributed by atoms with Gasteiger partial charge in [-0.3, -0.25) is 9.59 Å². The third-order valence-corrected chi connectivity index (χ3v) is 3.76. The third-order valence-electron chi connectivity index (χ3n) is 3.76. The van der Waals surface area contributed by atoms with Crippen LogP contribution in [0.5, 0.6) is 0 Å². The van der Waals surface area contributed by atoms with Crippen LogP contribution in [-0.4, -0.2) is 47.7 Å². The number of Topliss-reactive ketones (excluding diaryl/α,β-unsaturated/α-hetero) is 1. The molecule has 0 aliphatic rings. The number of hydrogen-bond donors (Lipinski definition) is 1.